The molecule has 2 heterocycles. The van der Waals surface area contributed by atoms with Crippen molar-refractivity contribution in [1.29, 1.82) is 0 Å². The molecular formula is C15H17ClN4O. The Hall–Kier alpha value is -1.75. The highest BCUT2D eigenvalue weighted by Gasteiger charge is 2.27. The van der Waals surface area contributed by atoms with Crippen molar-refractivity contribution in [3.8, 4) is 5.95 Å². The van der Waals surface area contributed by atoms with Crippen molar-refractivity contribution >= 4 is 17.9 Å². The second-order valence-corrected chi connectivity index (χ2v) is 5.91. The molecule has 0 aromatic carbocycles. The molecule has 0 saturated heterocycles. The van der Waals surface area contributed by atoms with Crippen LogP contribution in [0.3, 0.4) is 0 Å². The van der Waals surface area contributed by atoms with E-state index in [1.165, 1.54) is 17.5 Å². The van der Waals surface area contributed by atoms with E-state index >= 15 is 0 Å². The van der Waals surface area contributed by atoms with Gasteiger partial charge in [0.15, 0.2) is 6.29 Å². The monoisotopic (exact) mass is 304 g/mol. The van der Waals surface area contributed by atoms with Gasteiger partial charge >= 0.3 is 0 Å². The fraction of sp³-hybridized carbons (Fsp3) is 0.467. The van der Waals surface area contributed by atoms with E-state index in [9.17, 15) is 4.79 Å². The van der Waals surface area contributed by atoms with E-state index in [1.54, 1.807) is 0 Å². The van der Waals surface area contributed by atoms with Gasteiger partial charge in [-0.05, 0) is 32.8 Å². The predicted octanol–water partition coefficient (Wildman–Crippen LogP) is 3.40. The lowest BCUT2D eigenvalue weighted by Crippen LogP contribution is -2.06. The van der Waals surface area contributed by atoms with E-state index in [1.807, 2.05) is 19.9 Å². The molecule has 2 aromatic rings. The van der Waals surface area contributed by atoms with Gasteiger partial charge in [-0.1, -0.05) is 24.4 Å². The SMILES string of the molecule is Cc1cc(C)nc(-n2nc(C3CCCC3)c(C=O)c2Cl)n1. The van der Waals surface area contributed by atoms with Crippen LogP contribution in [-0.4, -0.2) is 26.0 Å². The van der Waals surface area contributed by atoms with Crippen LogP contribution in [0.1, 0.15) is 59.0 Å². The Bertz CT molecular complexity index is 669. The largest absolute Gasteiger partial charge is 0.298 e. The number of rotatable bonds is 3. The third-order valence-electron chi connectivity index (χ3n) is 3.91. The van der Waals surface area contributed by atoms with Crippen molar-refractivity contribution in [2.45, 2.75) is 45.4 Å². The topological polar surface area (TPSA) is 60.7 Å². The van der Waals surface area contributed by atoms with Crippen molar-refractivity contribution in [3.63, 3.8) is 0 Å². The van der Waals surface area contributed by atoms with Crippen LogP contribution in [0.5, 0.6) is 0 Å². The molecule has 0 spiro atoms. The Morgan fingerprint density at radius 3 is 2.43 bits per heavy atom. The molecule has 6 heteroatoms. The summed E-state index contributed by atoms with van der Waals surface area (Å²) in [5.41, 5.74) is 2.96. The maximum atomic E-state index is 11.4. The average molecular weight is 305 g/mol. The molecule has 1 aliphatic carbocycles. The van der Waals surface area contributed by atoms with E-state index in [0.717, 1.165) is 36.2 Å². The summed E-state index contributed by atoms with van der Waals surface area (Å²) in [7, 11) is 0. The number of carbonyl (C=O) groups excluding carboxylic acids is 1. The summed E-state index contributed by atoms with van der Waals surface area (Å²) in [5.74, 6) is 0.736. The summed E-state index contributed by atoms with van der Waals surface area (Å²) < 4.78 is 1.49. The van der Waals surface area contributed by atoms with Gasteiger partial charge in [0.2, 0.25) is 0 Å². The molecule has 21 heavy (non-hydrogen) atoms. The minimum Gasteiger partial charge on any atom is -0.298 e. The second kappa shape index (κ2) is 5.56. The van der Waals surface area contributed by atoms with Gasteiger partial charge in [-0.2, -0.15) is 9.78 Å². The fourth-order valence-electron chi connectivity index (χ4n) is 2.97. The highest BCUT2D eigenvalue weighted by Crippen LogP contribution is 2.37. The normalized spacial score (nSPS) is 15.6. The molecular weight excluding hydrogens is 288 g/mol. The van der Waals surface area contributed by atoms with Crippen molar-refractivity contribution in [2.24, 2.45) is 0 Å². The molecule has 0 atom stereocenters. The molecule has 3 rings (SSSR count). The van der Waals surface area contributed by atoms with Crippen molar-refractivity contribution in [2.75, 3.05) is 0 Å². The number of aromatic nitrogens is 4. The summed E-state index contributed by atoms with van der Waals surface area (Å²) >= 11 is 6.34. The maximum Gasteiger partial charge on any atom is 0.252 e. The Morgan fingerprint density at radius 1 is 1.24 bits per heavy atom. The predicted molar refractivity (Wildman–Crippen MR) is 80.2 cm³/mol. The number of aryl methyl sites for hydroxylation is 2. The Balaban J connectivity index is 2.12. The van der Waals surface area contributed by atoms with Crippen LogP contribution in [-0.2, 0) is 0 Å². The van der Waals surface area contributed by atoms with Gasteiger partial charge in [-0.3, -0.25) is 4.79 Å². The quantitative estimate of drug-likeness (QED) is 0.815. The zero-order valence-electron chi connectivity index (χ0n) is 12.1. The van der Waals surface area contributed by atoms with Gasteiger partial charge in [-0.15, -0.1) is 0 Å². The Morgan fingerprint density at radius 2 is 1.86 bits per heavy atom. The van der Waals surface area contributed by atoms with Crippen molar-refractivity contribution < 1.29 is 4.79 Å². The summed E-state index contributed by atoms with van der Waals surface area (Å²) in [6.45, 7) is 3.79. The van der Waals surface area contributed by atoms with Crippen LogP contribution >= 0.6 is 11.6 Å². The highest BCUT2D eigenvalue weighted by molar-refractivity contribution is 6.32. The zero-order chi connectivity index (χ0) is 15.0. The molecule has 0 unspecified atom stereocenters. The van der Waals surface area contributed by atoms with Crippen LogP contribution in [0.25, 0.3) is 5.95 Å². The number of carbonyl (C=O) groups is 1. The first-order chi connectivity index (χ1) is 10.1. The molecule has 1 aliphatic rings. The number of halogens is 1. The third kappa shape index (κ3) is 2.58. The van der Waals surface area contributed by atoms with Gasteiger partial charge < -0.3 is 0 Å². The Kier molecular flexibility index (Phi) is 3.76. The summed E-state index contributed by atoms with van der Waals surface area (Å²) in [4.78, 5) is 20.1. The molecule has 1 fully saturated rings. The minimum atomic E-state index is 0.303. The molecule has 1 saturated carbocycles. The van der Waals surface area contributed by atoms with E-state index in [-0.39, 0.29) is 0 Å². The van der Waals surface area contributed by atoms with E-state index < -0.39 is 0 Å². The number of nitrogens with zero attached hydrogens (tertiary/aromatic N) is 4. The molecule has 0 amide bonds. The molecule has 0 N–H and O–H groups in total. The van der Waals surface area contributed by atoms with E-state index in [2.05, 4.69) is 15.1 Å². The zero-order valence-corrected chi connectivity index (χ0v) is 12.9. The van der Waals surface area contributed by atoms with Crippen LogP contribution < -0.4 is 0 Å². The molecule has 0 aliphatic heterocycles. The van der Waals surface area contributed by atoms with Gasteiger partial charge in [0.25, 0.3) is 5.95 Å². The van der Waals surface area contributed by atoms with Crippen LogP contribution in [0.15, 0.2) is 6.07 Å². The first-order valence-electron chi connectivity index (χ1n) is 7.16. The summed E-state index contributed by atoms with van der Waals surface area (Å²) in [5, 5.41) is 4.85. The van der Waals surface area contributed by atoms with Gasteiger partial charge in [0, 0.05) is 17.3 Å². The van der Waals surface area contributed by atoms with Crippen LogP contribution in [0.2, 0.25) is 5.15 Å². The number of hydrogen-bond acceptors (Lipinski definition) is 4. The van der Waals surface area contributed by atoms with Crippen molar-refractivity contribution in [3.05, 3.63) is 33.9 Å². The minimum absolute atomic E-state index is 0.303. The second-order valence-electron chi connectivity index (χ2n) is 5.55. The average Bonchev–Trinajstić information content (AvgIpc) is 3.04. The van der Waals surface area contributed by atoms with Gasteiger partial charge in [0.05, 0.1) is 11.3 Å². The fourth-order valence-corrected chi connectivity index (χ4v) is 3.22. The van der Waals surface area contributed by atoms with Crippen LogP contribution in [0.4, 0.5) is 0 Å². The number of aldehydes is 1. The lowest BCUT2D eigenvalue weighted by Gasteiger charge is -2.05. The van der Waals surface area contributed by atoms with E-state index in [0.29, 0.717) is 22.6 Å². The molecule has 2 aromatic heterocycles. The Labute approximate surface area is 128 Å². The smallest absolute Gasteiger partial charge is 0.252 e. The maximum absolute atomic E-state index is 11.4. The van der Waals surface area contributed by atoms with E-state index in [4.69, 9.17) is 11.6 Å². The summed E-state index contributed by atoms with van der Waals surface area (Å²) in [6, 6.07) is 1.89. The third-order valence-corrected chi connectivity index (χ3v) is 4.28. The van der Waals surface area contributed by atoms with Gasteiger partial charge in [-0.25, -0.2) is 9.97 Å². The van der Waals surface area contributed by atoms with Gasteiger partial charge in [0.1, 0.15) is 5.15 Å². The number of hydrogen-bond donors (Lipinski definition) is 0. The first kappa shape index (κ1) is 14.2. The first-order valence-corrected chi connectivity index (χ1v) is 7.54. The summed E-state index contributed by atoms with van der Waals surface area (Å²) in [6.07, 6.45) is 5.26. The highest BCUT2D eigenvalue weighted by atomic mass is 35.5. The molecule has 5 nitrogen and oxygen atoms in total. The van der Waals surface area contributed by atoms with Crippen molar-refractivity contribution in [1.82, 2.24) is 19.7 Å². The lowest BCUT2D eigenvalue weighted by atomic mass is 10.0. The van der Waals surface area contributed by atoms with Crippen LogP contribution in [0, 0.1) is 13.8 Å². The molecule has 110 valence electrons. The molecule has 0 bridgehead atoms. The molecule has 0 radical (unpaired) electrons. The standard InChI is InChI=1S/C15H17ClN4O/c1-9-7-10(2)18-15(17-9)20-14(16)12(8-21)13(19-20)11-5-3-4-6-11/h7-8,11H,3-6H2,1-2H3. The lowest BCUT2D eigenvalue weighted by molar-refractivity contribution is 0.112.